The van der Waals surface area contributed by atoms with E-state index in [-0.39, 0.29) is 11.8 Å². The Morgan fingerprint density at radius 3 is 3.17 bits per heavy atom. The third-order valence-corrected chi connectivity index (χ3v) is 3.16. The summed E-state index contributed by atoms with van der Waals surface area (Å²) in [6.07, 6.45) is 3.38. The van der Waals surface area contributed by atoms with Gasteiger partial charge in [0.15, 0.2) is 0 Å². The van der Waals surface area contributed by atoms with Crippen molar-refractivity contribution in [2.24, 2.45) is 11.7 Å². The maximum absolute atomic E-state index is 11.3. The molecule has 1 aliphatic heterocycles. The van der Waals surface area contributed by atoms with Crippen LogP contribution in [0.25, 0.3) is 0 Å². The second-order valence-corrected chi connectivity index (χ2v) is 4.48. The quantitative estimate of drug-likeness (QED) is 0.816. The molecule has 1 atom stereocenters. The largest absolute Gasteiger partial charge is 0.370 e. The van der Waals surface area contributed by atoms with Gasteiger partial charge in [-0.25, -0.2) is 9.97 Å². The summed E-state index contributed by atoms with van der Waals surface area (Å²) in [6.45, 7) is 4.40. The Morgan fingerprint density at radius 1 is 1.61 bits per heavy atom. The zero-order chi connectivity index (χ0) is 13.0. The number of nitrogens with one attached hydrogen (secondary N) is 1. The molecule has 98 valence electrons. The van der Waals surface area contributed by atoms with Crippen LogP contribution in [-0.2, 0) is 4.79 Å². The van der Waals surface area contributed by atoms with Crippen molar-refractivity contribution in [3.63, 3.8) is 0 Å². The Hall–Kier alpha value is -1.85. The number of hydrogen-bond acceptors (Lipinski definition) is 5. The fourth-order valence-electron chi connectivity index (χ4n) is 2.22. The van der Waals surface area contributed by atoms with Crippen LogP contribution < -0.4 is 16.0 Å². The molecule has 0 aromatic carbocycles. The van der Waals surface area contributed by atoms with E-state index in [0.29, 0.717) is 6.54 Å². The highest BCUT2D eigenvalue weighted by molar-refractivity contribution is 5.77. The molecule has 1 fully saturated rings. The maximum Gasteiger partial charge on any atom is 0.222 e. The molecule has 0 spiro atoms. The number of piperidine rings is 1. The van der Waals surface area contributed by atoms with Crippen molar-refractivity contribution >= 4 is 17.5 Å². The van der Waals surface area contributed by atoms with Gasteiger partial charge in [0.25, 0.3) is 0 Å². The third-order valence-electron chi connectivity index (χ3n) is 3.16. The van der Waals surface area contributed by atoms with Crippen LogP contribution in [-0.4, -0.2) is 35.5 Å². The van der Waals surface area contributed by atoms with Crippen molar-refractivity contribution in [3.8, 4) is 0 Å². The van der Waals surface area contributed by atoms with Gasteiger partial charge in [-0.3, -0.25) is 4.79 Å². The van der Waals surface area contributed by atoms with Crippen molar-refractivity contribution in [2.45, 2.75) is 19.8 Å². The molecule has 1 aliphatic rings. The number of anilines is 2. The third kappa shape index (κ3) is 2.88. The van der Waals surface area contributed by atoms with Crippen molar-refractivity contribution in [1.82, 2.24) is 9.97 Å². The molecule has 0 saturated carbocycles. The van der Waals surface area contributed by atoms with E-state index in [0.717, 1.165) is 37.6 Å². The molecule has 18 heavy (non-hydrogen) atoms. The molecule has 2 heterocycles. The fourth-order valence-corrected chi connectivity index (χ4v) is 2.22. The summed E-state index contributed by atoms with van der Waals surface area (Å²) >= 11 is 0. The first kappa shape index (κ1) is 12.6. The molecule has 0 aliphatic carbocycles. The molecule has 0 radical (unpaired) electrons. The fraction of sp³-hybridized carbons (Fsp3) is 0.583. The molecule has 1 saturated heterocycles. The average molecular weight is 249 g/mol. The summed E-state index contributed by atoms with van der Waals surface area (Å²) in [6, 6.07) is 1.91. The van der Waals surface area contributed by atoms with Crippen LogP contribution in [0, 0.1) is 5.92 Å². The van der Waals surface area contributed by atoms with Gasteiger partial charge in [0.1, 0.15) is 18.0 Å². The normalized spacial score (nSPS) is 19.6. The van der Waals surface area contributed by atoms with E-state index in [1.807, 2.05) is 13.0 Å². The predicted molar refractivity (Wildman–Crippen MR) is 70.3 cm³/mol. The van der Waals surface area contributed by atoms with E-state index in [4.69, 9.17) is 5.73 Å². The number of nitrogens with zero attached hydrogens (tertiary/aromatic N) is 3. The monoisotopic (exact) mass is 249 g/mol. The number of hydrogen-bond donors (Lipinski definition) is 2. The van der Waals surface area contributed by atoms with Crippen molar-refractivity contribution < 1.29 is 4.79 Å². The topological polar surface area (TPSA) is 84.1 Å². The molecule has 3 N–H and O–H groups in total. The average Bonchev–Trinajstić information content (AvgIpc) is 2.39. The summed E-state index contributed by atoms with van der Waals surface area (Å²) in [4.78, 5) is 21.7. The lowest BCUT2D eigenvalue weighted by Gasteiger charge is -2.32. The van der Waals surface area contributed by atoms with Gasteiger partial charge < -0.3 is 16.0 Å². The Kier molecular flexibility index (Phi) is 3.96. The smallest absolute Gasteiger partial charge is 0.222 e. The van der Waals surface area contributed by atoms with Gasteiger partial charge in [-0.05, 0) is 19.8 Å². The minimum Gasteiger partial charge on any atom is -0.370 e. The highest BCUT2D eigenvalue weighted by Gasteiger charge is 2.24. The minimum atomic E-state index is -0.222. The molecular formula is C12H19N5O. The number of carbonyl (C=O) groups is 1. The SMILES string of the molecule is CCNc1cc(N2CCCC(C(N)=O)C2)ncn1. The Balaban J connectivity index is 2.10. The van der Waals surface area contributed by atoms with Crippen LogP contribution in [0.3, 0.4) is 0 Å². The number of nitrogens with two attached hydrogens (primary N) is 1. The van der Waals surface area contributed by atoms with Crippen LogP contribution in [0.2, 0.25) is 0 Å². The highest BCUT2D eigenvalue weighted by Crippen LogP contribution is 2.22. The van der Waals surface area contributed by atoms with Crippen molar-refractivity contribution in [2.75, 3.05) is 29.9 Å². The number of primary amides is 1. The molecule has 1 amide bonds. The molecule has 6 heteroatoms. The first-order chi connectivity index (χ1) is 8.70. The van der Waals surface area contributed by atoms with Gasteiger partial charge in [0.2, 0.25) is 5.91 Å². The number of amides is 1. The molecule has 6 nitrogen and oxygen atoms in total. The summed E-state index contributed by atoms with van der Waals surface area (Å²) in [7, 11) is 0. The molecule has 1 aromatic heterocycles. The van der Waals surface area contributed by atoms with Crippen LogP contribution in [0.1, 0.15) is 19.8 Å². The number of rotatable bonds is 4. The van der Waals surface area contributed by atoms with Gasteiger partial charge in [-0.15, -0.1) is 0 Å². The van der Waals surface area contributed by atoms with E-state index in [9.17, 15) is 4.79 Å². The van der Waals surface area contributed by atoms with Crippen LogP contribution in [0.15, 0.2) is 12.4 Å². The zero-order valence-corrected chi connectivity index (χ0v) is 10.6. The lowest BCUT2D eigenvalue weighted by Crippen LogP contribution is -2.41. The lowest BCUT2D eigenvalue weighted by atomic mass is 9.97. The van der Waals surface area contributed by atoms with Crippen LogP contribution in [0.4, 0.5) is 11.6 Å². The molecule has 0 bridgehead atoms. The van der Waals surface area contributed by atoms with E-state index >= 15 is 0 Å². The van der Waals surface area contributed by atoms with E-state index in [2.05, 4.69) is 20.2 Å². The van der Waals surface area contributed by atoms with E-state index < -0.39 is 0 Å². The predicted octanol–water partition coefficient (Wildman–Crippen LogP) is 0.610. The highest BCUT2D eigenvalue weighted by atomic mass is 16.1. The van der Waals surface area contributed by atoms with E-state index in [1.165, 1.54) is 0 Å². The first-order valence-corrected chi connectivity index (χ1v) is 6.31. The Bertz CT molecular complexity index is 423. The summed E-state index contributed by atoms with van der Waals surface area (Å²) < 4.78 is 0. The Labute approximate surface area is 107 Å². The second kappa shape index (κ2) is 5.66. The maximum atomic E-state index is 11.3. The zero-order valence-electron chi connectivity index (χ0n) is 10.6. The van der Waals surface area contributed by atoms with Gasteiger partial charge in [0.05, 0.1) is 5.92 Å². The Morgan fingerprint density at radius 2 is 2.44 bits per heavy atom. The molecule has 1 aromatic rings. The van der Waals surface area contributed by atoms with Crippen LogP contribution in [0.5, 0.6) is 0 Å². The molecule has 2 rings (SSSR count). The second-order valence-electron chi connectivity index (χ2n) is 4.48. The van der Waals surface area contributed by atoms with E-state index in [1.54, 1.807) is 6.33 Å². The number of carbonyl (C=O) groups excluding carboxylic acids is 1. The van der Waals surface area contributed by atoms with Crippen molar-refractivity contribution in [3.05, 3.63) is 12.4 Å². The van der Waals surface area contributed by atoms with Crippen molar-refractivity contribution in [1.29, 1.82) is 0 Å². The summed E-state index contributed by atoms with van der Waals surface area (Å²) in [5.74, 6) is 1.37. The van der Waals surface area contributed by atoms with Gasteiger partial charge in [-0.1, -0.05) is 0 Å². The standard InChI is InChI=1S/C12H19N5O/c1-2-14-10-6-11(16-8-15-10)17-5-3-4-9(7-17)12(13)18/h6,8-9H,2-5,7H2,1H3,(H2,13,18)(H,14,15,16). The number of aromatic nitrogens is 2. The molecular weight excluding hydrogens is 230 g/mol. The summed E-state index contributed by atoms with van der Waals surface area (Å²) in [5.41, 5.74) is 5.37. The summed E-state index contributed by atoms with van der Waals surface area (Å²) in [5, 5.41) is 3.15. The van der Waals surface area contributed by atoms with Gasteiger partial charge in [-0.2, -0.15) is 0 Å². The van der Waals surface area contributed by atoms with Gasteiger partial charge in [0, 0.05) is 25.7 Å². The lowest BCUT2D eigenvalue weighted by molar-refractivity contribution is -0.122. The van der Waals surface area contributed by atoms with Gasteiger partial charge >= 0.3 is 0 Å². The van der Waals surface area contributed by atoms with Crippen LogP contribution >= 0.6 is 0 Å². The minimum absolute atomic E-state index is 0.0729. The first-order valence-electron chi connectivity index (χ1n) is 6.31. The molecule has 1 unspecified atom stereocenters.